The van der Waals surface area contributed by atoms with Crippen LogP contribution in [0.4, 0.5) is 0 Å². The maximum atomic E-state index is 12.2. The van der Waals surface area contributed by atoms with Crippen LogP contribution in [0.25, 0.3) is 5.57 Å². The highest BCUT2D eigenvalue weighted by atomic mass is 32.2. The van der Waals surface area contributed by atoms with Crippen LogP contribution < -0.4 is 0 Å². The lowest BCUT2D eigenvalue weighted by atomic mass is 10.0. The fraction of sp³-hybridized carbons (Fsp3) is 0.586. The van der Waals surface area contributed by atoms with Crippen LogP contribution in [0.3, 0.4) is 0 Å². The fourth-order valence-corrected chi connectivity index (χ4v) is 5.92. The predicted molar refractivity (Wildman–Crippen MR) is 153 cm³/mol. The Bertz CT molecular complexity index is 1040. The summed E-state index contributed by atoms with van der Waals surface area (Å²) in [6, 6.07) is 9.94. The van der Waals surface area contributed by atoms with Gasteiger partial charge >= 0.3 is 10.1 Å². The molecule has 1 aromatic carbocycles. The number of hydrogen-bond acceptors (Lipinski definition) is 6. The molecule has 1 heterocycles. The molecule has 7 heteroatoms. The van der Waals surface area contributed by atoms with E-state index >= 15 is 0 Å². The largest absolute Gasteiger partial charge is 0.328 e. The summed E-state index contributed by atoms with van der Waals surface area (Å²) in [6.45, 7) is 4.21. The summed E-state index contributed by atoms with van der Waals surface area (Å²) in [5.41, 5.74) is 2.41. The van der Waals surface area contributed by atoms with Crippen LogP contribution in [-0.2, 0) is 14.4 Å². The van der Waals surface area contributed by atoms with E-state index in [4.69, 9.17) is 4.28 Å². The Balaban J connectivity index is 1.60. The number of oxime groups is 1. The molecule has 0 atom stereocenters. The van der Waals surface area contributed by atoms with E-state index in [0.717, 1.165) is 28.9 Å². The lowest BCUT2D eigenvalue weighted by Crippen LogP contribution is -2.08. The summed E-state index contributed by atoms with van der Waals surface area (Å²) in [4.78, 5) is 0.735. The van der Waals surface area contributed by atoms with Crippen LogP contribution in [0.15, 0.2) is 46.5 Å². The van der Waals surface area contributed by atoms with Gasteiger partial charge in [-0.3, -0.25) is 4.28 Å². The lowest BCUT2D eigenvalue weighted by molar-refractivity contribution is 0.339. The third-order valence-corrected chi connectivity index (χ3v) is 8.42. The molecule has 0 amide bonds. The van der Waals surface area contributed by atoms with Crippen molar-refractivity contribution in [2.24, 2.45) is 5.16 Å². The second kappa shape index (κ2) is 17.4. The van der Waals surface area contributed by atoms with Crippen molar-refractivity contribution in [1.82, 2.24) is 0 Å². The van der Waals surface area contributed by atoms with Gasteiger partial charge in [0.2, 0.25) is 0 Å². The normalized spacial score (nSPS) is 15.9. The Hall–Kier alpha value is -2.04. The van der Waals surface area contributed by atoms with E-state index < -0.39 is 10.1 Å². The summed E-state index contributed by atoms with van der Waals surface area (Å²) in [6.07, 6.45) is 20.5. The predicted octanol–water partition coefficient (Wildman–Crippen LogP) is 8.67. The van der Waals surface area contributed by atoms with Crippen molar-refractivity contribution in [3.05, 3.63) is 52.4 Å². The molecule has 1 aliphatic rings. The molecule has 5 nitrogen and oxygen atoms in total. The van der Waals surface area contributed by atoms with E-state index in [1.165, 1.54) is 82.4 Å². The molecule has 1 aliphatic heterocycles. The van der Waals surface area contributed by atoms with Gasteiger partial charge in [-0.2, -0.15) is 13.7 Å². The highest BCUT2D eigenvalue weighted by Gasteiger charge is 2.18. The van der Waals surface area contributed by atoms with Gasteiger partial charge in [-0.05, 0) is 36.6 Å². The molecule has 0 aliphatic carbocycles. The SMILES string of the molecule is CCCCCCCCCCCCCCCCS(=O)(=O)O/N=C1C=C/C(=C(\C#N)c2ccccc2C)S\1. The Morgan fingerprint density at radius 1 is 0.889 bits per heavy atom. The van der Waals surface area contributed by atoms with Gasteiger partial charge in [0.25, 0.3) is 0 Å². The standard InChI is InChI=1S/C29H42N2O3S2/c1-3-4-5-6-7-8-9-10-11-12-13-14-15-18-23-36(32,33)34-31-29-22-21-28(35-29)27(24-30)26-20-17-16-19-25(26)2/h16-17,19-22H,3-15,18,23H2,1-2H3/b28-27-,31-29+. The van der Waals surface area contributed by atoms with Crippen molar-refractivity contribution in [2.45, 2.75) is 104 Å². The highest BCUT2D eigenvalue weighted by Crippen LogP contribution is 2.34. The second-order valence-corrected chi connectivity index (χ2v) is 12.2. The first-order valence-corrected chi connectivity index (χ1v) is 15.9. The average Bonchev–Trinajstić information content (AvgIpc) is 3.33. The van der Waals surface area contributed by atoms with Gasteiger partial charge in [0.1, 0.15) is 11.1 Å². The molecule has 0 spiro atoms. The summed E-state index contributed by atoms with van der Waals surface area (Å²) in [5, 5.41) is 13.9. The highest BCUT2D eigenvalue weighted by molar-refractivity contribution is 8.18. The molecule has 198 valence electrons. The van der Waals surface area contributed by atoms with Crippen LogP contribution in [0.1, 0.15) is 108 Å². The number of hydrogen-bond donors (Lipinski definition) is 0. The van der Waals surface area contributed by atoms with Gasteiger partial charge in [0.05, 0.1) is 11.3 Å². The number of thioether (sulfide) groups is 1. The molecule has 0 saturated heterocycles. The van der Waals surface area contributed by atoms with Crippen molar-refractivity contribution in [3.63, 3.8) is 0 Å². The quantitative estimate of drug-likeness (QED) is 0.108. The number of nitrogens with zero attached hydrogens (tertiary/aromatic N) is 2. The zero-order valence-electron chi connectivity index (χ0n) is 22.0. The summed E-state index contributed by atoms with van der Waals surface area (Å²) >= 11 is 1.24. The van der Waals surface area contributed by atoms with E-state index in [2.05, 4.69) is 18.1 Å². The Labute approximate surface area is 223 Å². The number of aryl methyl sites for hydroxylation is 1. The smallest absolute Gasteiger partial charge is 0.267 e. The number of allylic oxidation sites excluding steroid dienone is 2. The molecule has 0 unspecified atom stereocenters. The van der Waals surface area contributed by atoms with E-state index in [1.807, 2.05) is 31.2 Å². The number of benzene rings is 1. The number of nitriles is 1. The van der Waals surface area contributed by atoms with E-state index in [-0.39, 0.29) is 5.75 Å². The monoisotopic (exact) mass is 530 g/mol. The van der Waals surface area contributed by atoms with Crippen LogP contribution >= 0.6 is 11.8 Å². The number of unbranched alkanes of at least 4 members (excludes halogenated alkanes) is 13. The minimum atomic E-state index is -3.70. The van der Waals surface area contributed by atoms with Gasteiger partial charge in [-0.1, -0.05) is 132 Å². The van der Waals surface area contributed by atoms with Crippen molar-refractivity contribution in [2.75, 3.05) is 5.75 Å². The Morgan fingerprint density at radius 2 is 1.44 bits per heavy atom. The average molecular weight is 531 g/mol. The minimum absolute atomic E-state index is 0.0223. The molecule has 0 radical (unpaired) electrons. The van der Waals surface area contributed by atoms with Gasteiger partial charge in [0.15, 0.2) is 0 Å². The lowest BCUT2D eigenvalue weighted by Gasteiger charge is -2.06. The van der Waals surface area contributed by atoms with Gasteiger partial charge in [-0.15, -0.1) is 0 Å². The van der Waals surface area contributed by atoms with Crippen molar-refractivity contribution >= 4 is 32.5 Å². The first-order chi connectivity index (χ1) is 17.5. The van der Waals surface area contributed by atoms with Crippen molar-refractivity contribution in [3.8, 4) is 6.07 Å². The summed E-state index contributed by atoms with van der Waals surface area (Å²) in [7, 11) is -3.70. The fourth-order valence-electron chi connectivity index (χ4n) is 4.22. The molecule has 1 aromatic rings. The second-order valence-electron chi connectivity index (χ2n) is 9.46. The summed E-state index contributed by atoms with van der Waals surface area (Å²) < 4.78 is 29.3. The van der Waals surface area contributed by atoms with Crippen LogP contribution in [0, 0.1) is 18.3 Å². The Morgan fingerprint density at radius 3 is 2.00 bits per heavy atom. The molecular weight excluding hydrogens is 488 g/mol. The van der Waals surface area contributed by atoms with Crippen LogP contribution in [0.2, 0.25) is 0 Å². The molecular formula is C29H42N2O3S2. The maximum Gasteiger partial charge on any atom is 0.328 e. The molecule has 0 fully saturated rings. The van der Waals surface area contributed by atoms with Crippen LogP contribution in [-0.4, -0.2) is 19.2 Å². The molecule has 0 aromatic heterocycles. The van der Waals surface area contributed by atoms with Crippen LogP contribution in [0.5, 0.6) is 0 Å². The first kappa shape index (κ1) is 30.2. The molecule has 0 N–H and O–H groups in total. The Kier molecular flexibility index (Phi) is 14.6. The number of rotatable bonds is 18. The molecule has 0 bridgehead atoms. The maximum absolute atomic E-state index is 12.2. The zero-order chi connectivity index (χ0) is 26.1. The minimum Gasteiger partial charge on any atom is -0.267 e. The van der Waals surface area contributed by atoms with Gasteiger partial charge in [0, 0.05) is 4.91 Å². The summed E-state index contributed by atoms with van der Waals surface area (Å²) in [5.74, 6) is -0.0223. The third kappa shape index (κ3) is 11.8. The van der Waals surface area contributed by atoms with Crippen molar-refractivity contribution in [1.29, 1.82) is 5.26 Å². The first-order valence-electron chi connectivity index (χ1n) is 13.5. The molecule has 2 rings (SSSR count). The zero-order valence-corrected chi connectivity index (χ0v) is 23.6. The third-order valence-electron chi connectivity index (χ3n) is 6.35. The topological polar surface area (TPSA) is 79.5 Å². The van der Waals surface area contributed by atoms with E-state index in [9.17, 15) is 13.7 Å². The molecule has 36 heavy (non-hydrogen) atoms. The molecule has 0 saturated carbocycles. The van der Waals surface area contributed by atoms with Crippen molar-refractivity contribution < 1.29 is 12.7 Å². The van der Waals surface area contributed by atoms with E-state index in [0.29, 0.717) is 17.0 Å². The van der Waals surface area contributed by atoms with Gasteiger partial charge < -0.3 is 0 Å². The van der Waals surface area contributed by atoms with E-state index in [1.54, 1.807) is 12.2 Å². The van der Waals surface area contributed by atoms with Gasteiger partial charge in [-0.25, -0.2) is 0 Å².